The molecule has 1 aromatic rings. The zero-order chi connectivity index (χ0) is 13.6. The molecule has 0 aromatic carbocycles. The topological polar surface area (TPSA) is 32.3 Å². The minimum atomic E-state index is 0.468. The van der Waals surface area contributed by atoms with Crippen molar-refractivity contribution in [3.63, 3.8) is 0 Å². The number of aromatic nitrogens is 2. The Morgan fingerprint density at radius 3 is 2.58 bits per heavy atom. The van der Waals surface area contributed by atoms with Gasteiger partial charge in [0.15, 0.2) is 0 Å². The summed E-state index contributed by atoms with van der Waals surface area (Å²) in [5.74, 6) is 2.53. The van der Waals surface area contributed by atoms with Crippen molar-refractivity contribution in [3.05, 3.63) is 16.5 Å². The van der Waals surface area contributed by atoms with E-state index < -0.39 is 0 Å². The normalized spacial score (nSPS) is 24.8. The molecule has 4 nitrogen and oxygen atoms in total. The smallest absolute Gasteiger partial charge is 0.137 e. The number of hydrogen-bond donors (Lipinski definition) is 0. The number of piperazine rings is 1. The van der Waals surface area contributed by atoms with E-state index in [1.165, 1.54) is 12.8 Å². The number of likely N-dealkylation sites (N-methyl/N-ethyl adjacent to an activating group) is 1. The van der Waals surface area contributed by atoms with E-state index in [1.807, 2.05) is 6.92 Å². The van der Waals surface area contributed by atoms with E-state index in [2.05, 4.69) is 28.8 Å². The fourth-order valence-corrected chi connectivity index (χ4v) is 2.92. The first-order chi connectivity index (χ1) is 9.06. The van der Waals surface area contributed by atoms with Crippen LogP contribution in [0.4, 0.5) is 5.82 Å². The number of nitrogens with zero attached hydrogens (tertiary/aromatic N) is 4. The first kappa shape index (κ1) is 13.1. The van der Waals surface area contributed by atoms with Gasteiger partial charge in [-0.25, -0.2) is 9.97 Å². The van der Waals surface area contributed by atoms with E-state index in [-0.39, 0.29) is 0 Å². The zero-order valence-electron chi connectivity index (χ0n) is 11.9. The summed E-state index contributed by atoms with van der Waals surface area (Å²) in [6.45, 7) is 7.43. The highest BCUT2D eigenvalue weighted by Gasteiger charge is 2.30. The van der Waals surface area contributed by atoms with E-state index in [0.29, 0.717) is 17.1 Å². The lowest BCUT2D eigenvalue weighted by Crippen LogP contribution is -2.51. The number of rotatable bonds is 2. The molecule has 0 amide bonds. The molecular formula is C14H21ClN4. The third-order valence-electron chi connectivity index (χ3n) is 4.12. The minimum Gasteiger partial charge on any atom is -0.351 e. The van der Waals surface area contributed by atoms with Crippen molar-refractivity contribution in [2.45, 2.75) is 38.6 Å². The number of halogens is 1. The second-order valence-electron chi connectivity index (χ2n) is 5.90. The molecule has 1 saturated carbocycles. The van der Waals surface area contributed by atoms with Gasteiger partial charge in [0.1, 0.15) is 16.8 Å². The number of hydrogen-bond acceptors (Lipinski definition) is 4. The Kier molecular flexibility index (Phi) is 3.39. The molecular weight excluding hydrogens is 260 g/mol. The standard InChI is InChI=1S/C14H21ClN4/c1-9-8-18(3)6-7-19(9)14-10(2)12(15)16-13(17-14)11-4-5-11/h9,11H,4-8H2,1-3H3. The molecule has 0 bridgehead atoms. The van der Waals surface area contributed by atoms with Crippen molar-refractivity contribution in [3.8, 4) is 0 Å². The van der Waals surface area contributed by atoms with E-state index in [1.54, 1.807) is 0 Å². The highest BCUT2D eigenvalue weighted by Crippen LogP contribution is 2.40. The maximum atomic E-state index is 6.30. The molecule has 19 heavy (non-hydrogen) atoms. The molecule has 2 fully saturated rings. The largest absolute Gasteiger partial charge is 0.351 e. The molecule has 2 heterocycles. The molecule has 3 rings (SSSR count). The van der Waals surface area contributed by atoms with Gasteiger partial charge in [-0.1, -0.05) is 11.6 Å². The monoisotopic (exact) mass is 280 g/mol. The first-order valence-electron chi connectivity index (χ1n) is 7.05. The predicted molar refractivity (Wildman–Crippen MR) is 78.1 cm³/mol. The van der Waals surface area contributed by atoms with Gasteiger partial charge in [-0.3, -0.25) is 0 Å². The summed E-state index contributed by atoms with van der Waals surface area (Å²) in [5, 5.41) is 0.623. The van der Waals surface area contributed by atoms with Crippen LogP contribution in [0.25, 0.3) is 0 Å². The molecule has 1 saturated heterocycles. The SMILES string of the molecule is Cc1c(Cl)nc(C2CC2)nc1N1CCN(C)CC1C. The highest BCUT2D eigenvalue weighted by atomic mass is 35.5. The molecule has 0 radical (unpaired) electrons. The molecule has 0 N–H and O–H groups in total. The molecule has 0 spiro atoms. The third kappa shape index (κ3) is 2.56. The first-order valence-corrected chi connectivity index (χ1v) is 7.43. The molecule has 1 aromatic heterocycles. The third-order valence-corrected chi connectivity index (χ3v) is 4.49. The summed E-state index contributed by atoms with van der Waals surface area (Å²) in [4.78, 5) is 14.0. The Labute approximate surface area is 119 Å². The van der Waals surface area contributed by atoms with Crippen LogP contribution in [0, 0.1) is 6.92 Å². The summed E-state index contributed by atoms with van der Waals surface area (Å²) in [6, 6.07) is 0.468. The molecule has 5 heteroatoms. The van der Waals surface area contributed by atoms with Crippen LogP contribution < -0.4 is 4.90 Å². The zero-order valence-corrected chi connectivity index (χ0v) is 12.6. The fraction of sp³-hybridized carbons (Fsp3) is 0.714. The Morgan fingerprint density at radius 2 is 1.95 bits per heavy atom. The van der Waals surface area contributed by atoms with Crippen molar-refractivity contribution >= 4 is 17.4 Å². The average molecular weight is 281 g/mol. The van der Waals surface area contributed by atoms with Crippen LogP contribution >= 0.6 is 11.6 Å². The second-order valence-corrected chi connectivity index (χ2v) is 6.26. The molecule has 1 atom stereocenters. The Balaban J connectivity index is 1.94. The van der Waals surface area contributed by atoms with E-state index >= 15 is 0 Å². The number of anilines is 1. The van der Waals surface area contributed by atoms with E-state index in [4.69, 9.17) is 16.6 Å². The molecule has 1 aliphatic carbocycles. The van der Waals surface area contributed by atoms with Gasteiger partial charge >= 0.3 is 0 Å². The van der Waals surface area contributed by atoms with Gasteiger partial charge in [0.05, 0.1) is 0 Å². The molecule has 1 aliphatic heterocycles. The molecule has 2 aliphatic rings. The van der Waals surface area contributed by atoms with Crippen molar-refractivity contribution in [2.24, 2.45) is 0 Å². The van der Waals surface area contributed by atoms with Gasteiger partial charge in [-0.15, -0.1) is 0 Å². The van der Waals surface area contributed by atoms with Crippen LogP contribution in [0.2, 0.25) is 5.15 Å². The lowest BCUT2D eigenvalue weighted by molar-refractivity contribution is 0.274. The van der Waals surface area contributed by atoms with Gasteiger partial charge in [0.2, 0.25) is 0 Å². The quantitative estimate of drug-likeness (QED) is 0.779. The van der Waals surface area contributed by atoms with E-state index in [0.717, 1.165) is 36.8 Å². The molecule has 1 unspecified atom stereocenters. The van der Waals surface area contributed by atoms with Crippen LogP contribution in [0.15, 0.2) is 0 Å². The van der Waals surface area contributed by atoms with Crippen LogP contribution in [0.1, 0.15) is 37.1 Å². The highest BCUT2D eigenvalue weighted by molar-refractivity contribution is 6.30. The van der Waals surface area contributed by atoms with Crippen molar-refractivity contribution < 1.29 is 0 Å². The van der Waals surface area contributed by atoms with E-state index in [9.17, 15) is 0 Å². The van der Waals surface area contributed by atoms with Crippen molar-refractivity contribution in [1.82, 2.24) is 14.9 Å². The minimum absolute atomic E-state index is 0.468. The lowest BCUT2D eigenvalue weighted by atomic mass is 10.1. The van der Waals surface area contributed by atoms with Crippen LogP contribution in [-0.2, 0) is 0 Å². The summed E-state index contributed by atoms with van der Waals surface area (Å²) >= 11 is 6.30. The van der Waals surface area contributed by atoms with Gasteiger partial charge in [-0.05, 0) is 33.7 Å². The maximum absolute atomic E-state index is 6.30. The van der Waals surface area contributed by atoms with Crippen LogP contribution in [0.3, 0.4) is 0 Å². The van der Waals surface area contributed by atoms with Gasteiger partial charge in [0, 0.05) is 37.2 Å². The van der Waals surface area contributed by atoms with Crippen molar-refractivity contribution in [2.75, 3.05) is 31.6 Å². The fourth-order valence-electron chi connectivity index (χ4n) is 2.75. The second kappa shape index (κ2) is 4.91. The Hall–Kier alpha value is -0.870. The maximum Gasteiger partial charge on any atom is 0.137 e. The van der Waals surface area contributed by atoms with Gasteiger partial charge in [0.25, 0.3) is 0 Å². The average Bonchev–Trinajstić information content (AvgIpc) is 3.17. The van der Waals surface area contributed by atoms with Gasteiger partial charge in [-0.2, -0.15) is 0 Å². The summed E-state index contributed by atoms with van der Waals surface area (Å²) < 4.78 is 0. The lowest BCUT2D eigenvalue weighted by Gasteiger charge is -2.39. The van der Waals surface area contributed by atoms with Gasteiger partial charge < -0.3 is 9.80 Å². The summed E-state index contributed by atoms with van der Waals surface area (Å²) in [6.07, 6.45) is 2.41. The molecule has 104 valence electrons. The Morgan fingerprint density at radius 1 is 1.21 bits per heavy atom. The summed E-state index contributed by atoms with van der Waals surface area (Å²) in [5.41, 5.74) is 1.02. The van der Waals surface area contributed by atoms with Crippen LogP contribution in [0.5, 0.6) is 0 Å². The predicted octanol–water partition coefficient (Wildman–Crippen LogP) is 2.46. The Bertz CT molecular complexity index is 487. The van der Waals surface area contributed by atoms with Crippen molar-refractivity contribution in [1.29, 1.82) is 0 Å². The summed E-state index contributed by atoms with van der Waals surface area (Å²) in [7, 11) is 2.17. The van der Waals surface area contributed by atoms with Crippen LogP contribution in [-0.4, -0.2) is 47.6 Å².